The number of rotatable bonds is 3. The third-order valence-electron chi connectivity index (χ3n) is 2.72. The van der Waals surface area contributed by atoms with Gasteiger partial charge in [0, 0.05) is 0 Å². The molecule has 0 aliphatic rings. The van der Waals surface area contributed by atoms with Crippen molar-refractivity contribution in [3.63, 3.8) is 0 Å². The molecule has 0 aromatic heterocycles. The van der Waals surface area contributed by atoms with Crippen molar-refractivity contribution in [3.05, 3.63) is 34.9 Å². The number of aryl methyl sites for hydroxylation is 2. The van der Waals surface area contributed by atoms with Crippen molar-refractivity contribution >= 4 is 17.7 Å². The van der Waals surface area contributed by atoms with Gasteiger partial charge in [-0.25, -0.2) is 0 Å². The molecule has 0 radical (unpaired) electrons. The van der Waals surface area contributed by atoms with Crippen LogP contribution in [0.5, 0.6) is 0 Å². The van der Waals surface area contributed by atoms with Gasteiger partial charge in [-0.2, -0.15) is 0 Å². The first-order valence-corrected chi connectivity index (χ1v) is 6.00. The zero-order chi connectivity index (χ0) is 11.6. The van der Waals surface area contributed by atoms with Crippen LogP contribution in [0.2, 0.25) is 0 Å². The van der Waals surface area contributed by atoms with Crippen LogP contribution in [0.1, 0.15) is 23.6 Å². The number of carboxylic acid groups (broad SMARTS) is 1. The van der Waals surface area contributed by atoms with Gasteiger partial charge in [0.05, 0.1) is 0 Å². The summed E-state index contributed by atoms with van der Waals surface area (Å²) in [6, 6.07) is 5.93. The Morgan fingerprint density at radius 2 is 2.00 bits per heavy atom. The Morgan fingerprint density at radius 3 is 2.47 bits per heavy atom. The fraction of sp³-hybridized carbons (Fsp3) is 0.417. The van der Waals surface area contributed by atoms with E-state index in [1.807, 2.05) is 38.3 Å². The minimum atomic E-state index is -0.851. The van der Waals surface area contributed by atoms with Gasteiger partial charge >= 0.3 is 5.97 Å². The first-order chi connectivity index (χ1) is 6.91. The molecule has 1 N–H and O–H groups in total. The number of hydrogen-bond donors (Lipinski definition) is 1. The van der Waals surface area contributed by atoms with E-state index in [2.05, 4.69) is 0 Å². The van der Waals surface area contributed by atoms with E-state index >= 15 is 0 Å². The lowest BCUT2D eigenvalue weighted by Gasteiger charge is -2.25. The molecule has 1 atom stereocenters. The Hall–Kier alpha value is -0.960. The summed E-state index contributed by atoms with van der Waals surface area (Å²) in [6.07, 6.45) is 1.83. The van der Waals surface area contributed by atoms with Gasteiger partial charge in [-0.05, 0) is 38.2 Å². The van der Waals surface area contributed by atoms with Crippen LogP contribution in [0.25, 0.3) is 0 Å². The van der Waals surface area contributed by atoms with Crippen LogP contribution in [0.15, 0.2) is 18.2 Å². The molecule has 1 unspecified atom stereocenters. The van der Waals surface area contributed by atoms with Gasteiger partial charge in [-0.3, -0.25) is 4.79 Å². The number of thioether (sulfide) groups is 1. The lowest BCUT2D eigenvalue weighted by Crippen LogP contribution is -2.29. The Bertz CT molecular complexity index is 387. The van der Waals surface area contributed by atoms with Crippen molar-refractivity contribution in [2.24, 2.45) is 0 Å². The quantitative estimate of drug-likeness (QED) is 0.857. The summed E-state index contributed by atoms with van der Waals surface area (Å²) in [7, 11) is 0. The molecule has 0 spiro atoms. The van der Waals surface area contributed by atoms with E-state index in [-0.39, 0.29) is 0 Å². The molecule has 0 saturated carbocycles. The lowest BCUT2D eigenvalue weighted by atomic mass is 9.94. The van der Waals surface area contributed by atoms with Crippen molar-refractivity contribution in [3.8, 4) is 0 Å². The Morgan fingerprint density at radius 1 is 1.40 bits per heavy atom. The van der Waals surface area contributed by atoms with Crippen molar-refractivity contribution < 1.29 is 9.90 Å². The zero-order valence-electron chi connectivity index (χ0n) is 9.50. The van der Waals surface area contributed by atoms with Crippen LogP contribution in [-0.4, -0.2) is 17.3 Å². The topological polar surface area (TPSA) is 37.3 Å². The Labute approximate surface area is 94.7 Å². The monoisotopic (exact) mass is 224 g/mol. The highest BCUT2D eigenvalue weighted by atomic mass is 32.2. The molecule has 0 aliphatic carbocycles. The molecule has 0 aliphatic heterocycles. The van der Waals surface area contributed by atoms with Crippen LogP contribution in [0, 0.1) is 13.8 Å². The average Bonchev–Trinajstić information content (AvgIpc) is 2.20. The summed E-state index contributed by atoms with van der Waals surface area (Å²) < 4.78 is -0.851. The van der Waals surface area contributed by atoms with Crippen LogP contribution < -0.4 is 0 Å². The number of hydrogen-bond acceptors (Lipinski definition) is 2. The maximum atomic E-state index is 11.3. The number of aliphatic carboxylic acids is 1. The summed E-state index contributed by atoms with van der Waals surface area (Å²) in [5, 5.41) is 9.28. The molecule has 0 heterocycles. The van der Waals surface area contributed by atoms with Crippen LogP contribution in [0.4, 0.5) is 0 Å². The lowest BCUT2D eigenvalue weighted by molar-refractivity contribution is -0.139. The highest BCUT2D eigenvalue weighted by Crippen LogP contribution is 2.36. The summed E-state index contributed by atoms with van der Waals surface area (Å²) in [6.45, 7) is 5.68. The molecule has 1 aromatic rings. The molecule has 82 valence electrons. The normalized spacial score (nSPS) is 14.7. The number of carboxylic acids is 1. The first kappa shape index (κ1) is 12.1. The van der Waals surface area contributed by atoms with Crippen molar-refractivity contribution in [2.45, 2.75) is 25.5 Å². The molecule has 3 heteroatoms. The molecule has 0 bridgehead atoms. The molecule has 0 amide bonds. The molecule has 2 nitrogen and oxygen atoms in total. The van der Waals surface area contributed by atoms with Gasteiger partial charge in [0.25, 0.3) is 0 Å². The summed E-state index contributed by atoms with van der Waals surface area (Å²) in [4.78, 5) is 11.3. The molecule has 1 aromatic carbocycles. The van der Waals surface area contributed by atoms with Gasteiger partial charge in [0.15, 0.2) is 0 Å². The standard InChI is InChI=1S/C12H16O2S/c1-8-5-6-9(2)10(7-8)12(3,15-4)11(13)14/h5-7H,1-4H3,(H,13,14). The molecule has 0 saturated heterocycles. The predicted octanol–water partition coefficient (Wildman–Crippen LogP) is 2.97. The predicted molar refractivity (Wildman–Crippen MR) is 64.4 cm³/mol. The maximum absolute atomic E-state index is 11.3. The molecule has 1 rings (SSSR count). The van der Waals surface area contributed by atoms with E-state index < -0.39 is 10.7 Å². The fourth-order valence-corrected chi connectivity index (χ4v) is 2.18. The van der Waals surface area contributed by atoms with Gasteiger partial charge in [-0.1, -0.05) is 23.8 Å². The minimum Gasteiger partial charge on any atom is -0.480 e. The summed E-state index contributed by atoms with van der Waals surface area (Å²) in [5.74, 6) is -0.788. The van der Waals surface area contributed by atoms with Gasteiger partial charge in [-0.15, -0.1) is 11.8 Å². The zero-order valence-corrected chi connectivity index (χ0v) is 10.3. The number of benzene rings is 1. The van der Waals surface area contributed by atoms with Gasteiger partial charge < -0.3 is 5.11 Å². The molecule has 15 heavy (non-hydrogen) atoms. The fourth-order valence-electron chi connectivity index (χ4n) is 1.56. The van der Waals surface area contributed by atoms with E-state index in [9.17, 15) is 9.90 Å². The van der Waals surface area contributed by atoms with E-state index in [0.717, 1.165) is 16.7 Å². The third kappa shape index (κ3) is 2.17. The van der Waals surface area contributed by atoms with Gasteiger partial charge in [0.2, 0.25) is 0 Å². The second-order valence-corrected chi connectivity index (χ2v) is 5.09. The Balaban J connectivity index is 3.35. The molecular formula is C12H16O2S. The van der Waals surface area contributed by atoms with Crippen molar-refractivity contribution in [1.82, 2.24) is 0 Å². The highest BCUT2D eigenvalue weighted by Gasteiger charge is 2.35. The second-order valence-electron chi connectivity index (χ2n) is 3.86. The van der Waals surface area contributed by atoms with Crippen LogP contribution in [0.3, 0.4) is 0 Å². The minimum absolute atomic E-state index is 0.788. The average molecular weight is 224 g/mol. The molecular weight excluding hydrogens is 208 g/mol. The van der Waals surface area contributed by atoms with E-state index in [1.54, 1.807) is 6.92 Å². The van der Waals surface area contributed by atoms with Crippen LogP contribution >= 0.6 is 11.8 Å². The first-order valence-electron chi connectivity index (χ1n) is 4.78. The van der Waals surface area contributed by atoms with Crippen molar-refractivity contribution in [1.29, 1.82) is 0 Å². The number of carbonyl (C=O) groups is 1. The summed E-state index contributed by atoms with van der Waals surface area (Å²) >= 11 is 1.36. The van der Waals surface area contributed by atoms with E-state index in [0.29, 0.717) is 0 Å². The molecule has 0 fully saturated rings. The largest absolute Gasteiger partial charge is 0.480 e. The van der Waals surface area contributed by atoms with E-state index in [4.69, 9.17) is 0 Å². The summed E-state index contributed by atoms with van der Waals surface area (Å²) in [5.41, 5.74) is 3.01. The van der Waals surface area contributed by atoms with Gasteiger partial charge in [0.1, 0.15) is 4.75 Å². The highest BCUT2D eigenvalue weighted by molar-refractivity contribution is 8.00. The Kier molecular flexibility index (Phi) is 3.45. The second kappa shape index (κ2) is 4.27. The van der Waals surface area contributed by atoms with Crippen LogP contribution in [-0.2, 0) is 9.54 Å². The SMILES string of the molecule is CSC(C)(C(=O)O)c1cc(C)ccc1C. The maximum Gasteiger partial charge on any atom is 0.324 e. The third-order valence-corrected chi connectivity index (χ3v) is 3.93. The smallest absolute Gasteiger partial charge is 0.324 e. The van der Waals surface area contributed by atoms with E-state index in [1.165, 1.54) is 11.8 Å². The van der Waals surface area contributed by atoms with Crippen molar-refractivity contribution in [2.75, 3.05) is 6.26 Å².